The van der Waals surface area contributed by atoms with E-state index in [1.807, 2.05) is 18.5 Å². The number of nitrogens with zero attached hydrogens (tertiary/aromatic N) is 4. The van der Waals surface area contributed by atoms with Crippen LogP contribution in [0.5, 0.6) is 0 Å². The number of aromatic amines is 1. The number of aromatic nitrogens is 4. The highest BCUT2D eigenvalue weighted by Crippen LogP contribution is 2.36. The van der Waals surface area contributed by atoms with E-state index in [-0.39, 0.29) is 30.0 Å². The summed E-state index contributed by atoms with van der Waals surface area (Å²) in [5, 5.41) is 11.4. The van der Waals surface area contributed by atoms with Gasteiger partial charge in [-0.15, -0.1) is 0 Å². The van der Waals surface area contributed by atoms with Gasteiger partial charge < -0.3 is 26.0 Å². The molecule has 0 radical (unpaired) electrons. The number of carboxylic acid groups (broad SMARTS) is 1. The summed E-state index contributed by atoms with van der Waals surface area (Å²) in [7, 11) is 0. The number of anilines is 3. The van der Waals surface area contributed by atoms with Crippen molar-refractivity contribution in [1.82, 2.24) is 19.9 Å². The van der Waals surface area contributed by atoms with Crippen LogP contribution in [-0.4, -0.2) is 50.5 Å². The monoisotopic (exact) mass is 519 g/mol. The topological polar surface area (TPSA) is 150 Å². The highest BCUT2D eigenvalue weighted by Gasteiger charge is 2.25. The van der Waals surface area contributed by atoms with Crippen molar-refractivity contribution in [3.8, 4) is 11.4 Å². The Bertz CT molecular complexity index is 1410. The number of hydrogen-bond acceptors (Lipinski definition) is 7. The maximum atomic E-state index is 13.4. The summed E-state index contributed by atoms with van der Waals surface area (Å²) >= 11 is 0. The second kappa shape index (κ2) is 11.7. The smallest absolute Gasteiger partial charge is 0.290 e. The predicted molar refractivity (Wildman–Crippen MR) is 144 cm³/mol. The normalized spacial score (nSPS) is 13.7. The Labute approximate surface area is 219 Å². The van der Waals surface area contributed by atoms with Gasteiger partial charge in [0.25, 0.3) is 6.47 Å². The Balaban J connectivity index is 0.00000107. The zero-order valence-electron chi connectivity index (χ0n) is 21.2. The second-order valence-electron chi connectivity index (χ2n) is 9.31. The largest absolute Gasteiger partial charge is 0.483 e. The van der Waals surface area contributed by atoms with Crippen molar-refractivity contribution in [2.75, 3.05) is 23.3 Å². The van der Waals surface area contributed by atoms with Crippen molar-refractivity contribution in [3.63, 3.8) is 0 Å². The van der Waals surface area contributed by atoms with Gasteiger partial charge in [0.15, 0.2) is 5.82 Å². The van der Waals surface area contributed by atoms with Gasteiger partial charge in [0, 0.05) is 48.7 Å². The van der Waals surface area contributed by atoms with Crippen molar-refractivity contribution in [3.05, 3.63) is 60.3 Å². The molecule has 4 aromatic rings. The Morgan fingerprint density at radius 2 is 1.89 bits per heavy atom. The number of H-pyrrole nitrogens is 1. The number of halogens is 1. The van der Waals surface area contributed by atoms with E-state index in [4.69, 9.17) is 20.6 Å². The van der Waals surface area contributed by atoms with Crippen molar-refractivity contribution in [2.24, 2.45) is 11.7 Å². The summed E-state index contributed by atoms with van der Waals surface area (Å²) in [6, 6.07) is 8.09. The lowest BCUT2D eigenvalue weighted by Crippen LogP contribution is -2.38. The van der Waals surface area contributed by atoms with E-state index in [0.717, 1.165) is 59.5 Å². The summed E-state index contributed by atoms with van der Waals surface area (Å²) in [6.07, 6.45) is 7.00. The van der Waals surface area contributed by atoms with Gasteiger partial charge >= 0.3 is 0 Å². The third-order valence-electron chi connectivity index (χ3n) is 6.59. The molecule has 0 saturated carbocycles. The fourth-order valence-corrected chi connectivity index (χ4v) is 4.58. The van der Waals surface area contributed by atoms with Crippen LogP contribution in [0.25, 0.3) is 22.4 Å². The van der Waals surface area contributed by atoms with Gasteiger partial charge in [0.05, 0.1) is 16.8 Å². The molecule has 5 N–H and O–H groups in total. The summed E-state index contributed by atoms with van der Waals surface area (Å²) < 4.78 is 13.4. The maximum absolute atomic E-state index is 13.4. The molecule has 10 nitrogen and oxygen atoms in total. The van der Waals surface area contributed by atoms with Crippen LogP contribution in [0.4, 0.5) is 21.6 Å². The molecule has 0 bridgehead atoms. The van der Waals surface area contributed by atoms with Crippen LogP contribution in [0.3, 0.4) is 0 Å². The number of amides is 1. The lowest BCUT2D eigenvalue weighted by atomic mass is 9.96. The summed E-state index contributed by atoms with van der Waals surface area (Å²) in [5.41, 5.74) is 9.89. The number of piperidine rings is 1. The molecule has 1 aromatic carbocycles. The van der Waals surface area contributed by atoms with E-state index >= 15 is 0 Å². The predicted octanol–water partition coefficient (Wildman–Crippen LogP) is 4.43. The molecule has 3 aromatic heterocycles. The fraction of sp³-hybridized carbons (Fsp3) is 0.296. The van der Waals surface area contributed by atoms with Crippen LogP contribution in [0, 0.1) is 11.7 Å². The molecule has 0 unspecified atom stereocenters. The first-order valence-electron chi connectivity index (χ1n) is 12.3. The number of hydrogen-bond donors (Lipinski definition) is 4. The van der Waals surface area contributed by atoms with E-state index < -0.39 is 0 Å². The third kappa shape index (κ3) is 5.72. The average molecular weight is 520 g/mol. The Hall–Kier alpha value is -4.54. The first kappa shape index (κ1) is 26.5. The summed E-state index contributed by atoms with van der Waals surface area (Å²) in [4.78, 5) is 39.3. The maximum Gasteiger partial charge on any atom is 0.290 e. The number of rotatable bonds is 6. The highest BCUT2D eigenvalue weighted by atomic mass is 19.1. The van der Waals surface area contributed by atoms with E-state index in [1.54, 1.807) is 18.3 Å². The number of nitrogens with one attached hydrogen (secondary N) is 2. The molecule has 11 heteroatoms. The quantitative estimate of drug-likeness (QED) is 0.273. The van der Waals surface area contributed by atoms with Crippen molar-refractivity contribution in [2.45, 2.75) is 32.6 Å². The van der Waals surface area contributed by atoms with Gasteiger partial charge in [0.2, 0.25) is 5.91 Å². The van der Waals surface area contributed by atoms with Gasteiger partial charge in [-0.1, -0.05) is 13.8 Å². The van der Waals surface area contributed by atoms with Crippen molar-refractivity contribution >= 4 is 40.6 Å². The summed E-state index contributed by atoms with van der Waals surface area (Å²) in [6.45, 7) is 5.42. The molecule has 0 spiro atoms. The van der Waals surface area contributed by atoms with Crippen LogP contribution in [0.15, 0.2) is 48.9 Å². The molecule has 1 fully saturated rings. The third-order valence-corrected chi connectivity index (χ3v) is 6.59. The van der Waals surface area contributed by atoms with Crippen LogP contribution in [0.2, 0.25) is 0 Å². The van der Waals surface area contributed by atoms with Crippen molar-refractivity contribution < 1.29 is 19.1 Å². The molecular formula is C27H30FN7O3. The number of benzene rings is 1. The Kier molecular flexibility index (Phi) is 8.15. The second-order valence-corrected chi connectivity index (χ2v) is 9.31. The molecule has 5 rings (SSSR count). The number of primary amides is 1. The number of carbonyl (C=O) groups excluding carboxylic acids is 1. The standard InChI is InChI=1S/C26H28FN7O.CH2O2/c1-15(2)19-13-30-24(17-3-5-18(27)6-4-17)33-25(19)32-20-7-10-29-26-22(20)21(14-31-26)34-11-8-16(9-12-34)23(28)35;2-1-3/h3-7,10,13-16H,8-9,11-12H2,1-2H3,(H2,28,35)(H2,29,30,31,32,33);1H,(H,2,3). The molecule has 1 aliphatic heterocycles. The van der Waals surface area contributed by atoms with Gasteiger partial charge in [0.1, 0.15) is 17.3 Å². The SMILES string of the molecule is CC(C)c1cnc(-c2ccc(F)cc2)nc1Nc1ccnc2[nH]cc(N3CCC(C(N)=O)CC3)c12.O=CO. The van der Waals surface area contributed by atoms with Gasteiger partial charge in [-0.2, -0.15) is 0 Å². The minimum absolute atomic E-state index is 0.0772. The molecule has 4 heterocycles. The first-order chi connectivity index (χ1) is 18.3. The number of carbonyl (C=O) groups is 2. The lowest BCUT2D eigenvalue weighted by molar-refractivity contribution is -0.123. The van der Waals surface area contributed by atoms with Gasteiger partial charge in [-0.05, 0) is 49.1 Å². The molecule has 1 saturated heterocycles. The van der Waals surface area contributed by atoms with Crippen LogP contribution in [-0.2, 0) is 9.59 Å². The zero-order chi connectivity index (χ0) is 27.2. The summed E-state index contributed by atoms with van der Waals surface area (Å²) in [5.74, 6) is 0.799. The highest BCUT2D eigenvalue weighted by molar-refractivity contribution is 6.01. The minimum atomic E-state index is -0.301. The molecule has 1 amide bonds. The Morgan fingerprint density at radius 1 is 1.21 bits per heavy atom. The number of pyridine rings is 1. The van der Waals surface area contributed by atoms with E-state index in [2.05, 4.69) is 39.0 Å². The Morgan fingerprint density at radius 3 is 2.53 bits per heavy atom. The van der Waals surface area contributed by atoms with Crippen LogP contribution in [0.1, 0.15) is 38.2 Å². The van der Waals surface area contributed by atoms with Gasteiger partial charge in [-0.3, -0.25) is 9.59 Å². The van der Waals surface area contributed by atoms with E-state index in [0.29, 0.717) is 11.6 Å². The molecule has 38 heavy (non-hydrogen) atoms. The van der Waals surface area contributed by atoms with Gasteiger partial charge in [-0.25, -0.2) is 19.3 Å². The van der Waals surface area contributed by atoms with Crippen LogP contribution < -0.4 is 16.0 Å². The minimum Gasteiger partial charge on any atom is -0.483 e. The zero-order valence-corrected chi connectivity index (χ0v) is 21.2. The first-order valence-corrected chi connectivity index (χ1v) is 12.3. The van der Waals surface area contributed by atoms with Crippen molar-refractivity contribution in [1.29, 1.82) is 0 Å². The lowest BCUT2D eigenvalue weighted by Gasteiger charge is -2.32. The fourth-order valence-electron chi connectivity index (χ4n) is 4.58. The molecule has 1 aliphatic rings. The number of fused-ring (bicyclic) bond motifs is 1. The molecular weight excluding hydrogens is 489 g/mol. The van der Waals surface area contributed by atoms with E-state index in [1.165, 1.54) is 12.1 Å². The van der Waals surface area contributed by atoms with E-state index in [9.17, 15) is 9.18 Å². The molecule has 0 atom stereocenters. The van der Waals surface area contributed by atoms with Crippen LogP contribution >= 0.6 is 0 Å². The molecule has 0 aliphatic carbocycles. The number of nitrogens with two attached hydrogens (primary N) is 1. The average Bonchev–Trinajstić information content (AvgIpc) is 3.35. The molecule has 198 valence electrons.